The molecule has 10 heteroatoms. The van der Waals surface area contributed by atoms with Crippen LogP contribution in [0.1, 0.15) is 80.6 Å². The first-order chi connectivity index (χ1) is 25.4. The molecule has 0 fully saturated rings. The van der Waals surface area contributed by atoms with E-state index in [0.717, 1.165) is 28.5 Å². The Kier molecular flexibility index (Phi) is 11.1. The summed E-state index contributed by atoms with van der Waals surface area (Å²) in [5.41, 5.74) is 3.42. The summed E-state index contributed by atoms with van der Waals surface area (Å²) in [6.45, 7) is 11.2. The van der Waals surface area contributed by atoms with Crippen molar-refractivity contribution >= 4 is 62.1 Å². The Labute approximate surface area is 311 Å². The fraction of sp³-hybridized carbons (Fsp3) is 0.395. The molecule has 278 valence electrons. The van der Waals surface area contributed by atoms with Gasteiger partial charge in [-0.15, -0.1) is 0 Å². The van der Waals surface area contributed by atoms with Gasteiger partial charge in [0.15, 0.2) is 0 Å². The number of carbonyl (C=O) groups excluding carboxylic acids is 4. The van der Waals surface area contributed by atoms with Gasteiger partial charge in [-0.25, -0.2) is 4.79 Å². The Morgan fingerprint density at radius 3 is 2.08 bits per heavy atom. The van der Waals surface area contributed by atoms with Crippen molar-refractivity contribution in [2.75, 3.05) is 44.8 Å². The Bertz CT molecular complexity index is 2100. The van der Waals surface area contributed by atoms with E-state index in [1.54, 1.807) is 12.1 Å². The van der Waals surface area contributed by atoms with Gasteiger partial charge in [-0.3, -0.25) is 19.3 Å². The number of imide groups is 1. The molecule has 0 radical (unpaired) electrons. The highest BCUT2D eigenvalue weighted by molar-refractivity contribution is 6.26. The molecule has 0 spiro atoms. The molecule has 2 atom stereocenters. The standard InChI is InChI=1S/C43H50N4O6/c1-7-43(5,27-29(4)47-36-17-10-8-13-30(36)31-14-9-11-18-37(31)47)41(50)52-25-22-44-42(51)53-26-24-45(6)35-20-19-34-38-32(35)15-12-16-33(38)39(48)46(40(34)49)23-21-28(2)3/h8-20,28-29H,7,21-27H2,1-6H3,(H,44,51). The normalized spacial score (nSPS) is 14.5. The minimum atomic E-state index is -0.716. The van der Waals surface area contributed by atoms with Crippen LogP contribution >= 0.6 is 0 Å². The van der Waals surface area contributed by atoms with Gasteiger partial charge in [0.25, 0.3) is 11.8 Å². The zero-order valence-corrected chi connectivity index (χ0v) is 31.6. The van der Waals surface area contributed by atoms with Gasteiger partial charge in [-0.1, -0.05) is 69.3 Å². The van der Waals surface area contributed by atoms with E-state index in [4.69, 9.17) is 9.47 Å². The molecule has 5 aromatic rings. The first-order valence-corrected chi connectivity index (χ1v) is 18.6. The molecule has 10 nitrogen and oxygen atoms in total. The first kappa shape index (κ1) is 37.4. The van der Waals surface area contributed by atoms with Gasteiger partial charge in [-0.2, -0.15) is 0 Å². The summed E-state index contributed by atoms with van der Waals surface area (Å²) in [6, 6.07) is 25.9. The van der Waals surface area contributed by atoms with Crippen molar-refractivity contribution in [2.24, 2.45) is 11.3 Å². The van der Waals surface area contributed by atoms with Crippen LogP contribution in [0.2, 0.25) is 0 Å². The number of carbonyl (C=O) groups is 4. The van der Waals surface area contributed by atoms with E-state index < -0.39 is 11.5 Å². The van der Waals surface area contributed by atoms with E-state index in [1.165, 1.54) is 15.7 Å². The van der Waals surface area contributed by atoms with Crippen LogP contribution in [0.4, 0.5) is 10.5 Å². The number of likely N-dealkylation sites (N-methyl/N-ethyl adjacent to an activating group) is 1. The molecule has 1 aromatic heterocycles. The molecule has 1 N–H and O–H groups in total. The number of hydrogen-bond acceptors (Lipinski definition) is 7. The third kappa shape index (κ3) is 7.45. The predicted octanol–water partition coefficient (Wildman–Crippen LogP) is 8.36. The second kappa shape index (κ2) is 15.7. The lowest BCUT2D eigenvalue weighted by Gasteiger charge is -2.30. The molecule has 3 amide bonds. The Hall–Kier alpha value is -5.38. The second-order valence-corrected chi connectivity index (χ2v) is 14.8. The van der Waals surface area contributed by atoms with E-state index in [0.29, 0.717) is 48.4 Å². The molecule has 0 bridgehead atoms. The predicted molar refractivity (Wildman–Crippen MR) is 210 cm³/mol. The molecule has 2 heterocycles. The van der Waals surface area contributed by atoms with E-state index in [-0.39, 0.29) is 43.6 Å². The van der Waals surface area contributed by atoms with Crippen LogP contribution in [-0.2, 0) is 14.3 Å². The molecule has 2 unspecified atom stereocenters. The number of alkyl carbamates (subject to hydrolysis) is 1. The number of ether oxygens (including phenoxy) is 2. The monoisotopic (exact) mass is 718 g/mol. The number of benzene rings is 4. The average Bonchev–Trinajstić information content (AvgIpc) is 3.49. The van der Waals surface area contributed by atoms with Crippen LogP contribution in [0.15, 0.2) is 78.9 Å². The number of anilines is 1. The largest absolute Gasteiger partial charge is 0.463 e. The van der Waals surface area contributed by atoms with Gasteiger partial charge in [-0.05, 0) is 69.4 Å². The summed E-state index contributed by atoms with van der Waals surface area (Å²) in [6.07, 6.45) is 1.34. The number of para-hydroxylation sites is 2. The molecular formula is C43H50N4O6. The summed E-state index contributed by atoms with van der Waals surface area (Å²) >= 11 is 0. The molecule has 1 aliphatic rings. The third-order valence-electron chi connectivity index (χ3n) is 10.7. The van der Waals surface area contributed by atoms with Crippen molar-refractivity contribution in [2.45, 2.75) is 59.9 Å². The quantitative estimate of drug-likeness (QED) is 0.0658. The average molecular weight is 719 g/mol. The maximum Gasteiger partial charge on any atom is 0.407 e. The zero-order chi connectivity index (χ0) is 37.9. The van der Waals surface area contributed by atoms with Crippen molar-refractivity contribution in [1.29, 1.82) is 0 Å². The number of aromatic nitrogens is 1. The molecular weight excluding hydrogens is 668 g/mol. The number of rotatable bonds is 15. The molecule has 1 aliphatic heterocycles. The Morgan fingerprint density at radius 2 is 1.43 bits per heavy atom. The summed E-state index contributed by atoms with van der Waals surface area (Å²) in [4.78, 5) is 55.9. The summed E-state index contributed by atoms with van der Waals surface area (Å²) in [7, 11) is 1.87. The number of amides is 3. The van der Waals surface area contributed by atoms with Crippen molar-refractivity contribution in [1.82, 2.24) is 14.8 Å². The summed E-state index contributed by atoms with van der Waals surface area (Å²) in [5, 5.41) is 6.50. The SMILES string of the molecule is CCC(C)(CC(C)n1c2ccccc2c2ccccc21)C(=O)OCCNC(=O)OCCN(C)c1ccc2c3c(cccc13)C(=O)N(CCC(C)C)C2=O. The minimum Gasteiger partial charge on any atom is -0.463 e. The zero-order valence-electron chi connectivity index (χ0n) is 31.6. The molecule has 6 rings (SSSR count). The summed E-state index contributed by atoms with van der Waals surface area (Å²) in [5.74, 6) is -0.469. The van der Waals surface area contributed by atoms with Crippen LogP contribution in [0.5, 0.6) is 0 Å². The smallest absolute Gasteiger partial charge is 0.407 e. The highest BCUT2D eigenvalue weighted by Gasteiger charge is 2.36. The van der Waals surface area contributed by atoms with E-state index in [2.05, 4.69) is 54.9 Å². The Balaban J connectivity index is 0.990. The lowest BCUT2D eigenvalue weighted by molar-refractivity contribution is -0.156. The molecule has 0 saturated heterocycles. The fourth-order valence-corrected chi connectivity index (χ4v) is 7.51. The van der Waals surface area contributed by atoms with Crippen LogP contribution in [0, 0.1) is 11.3 Å². The molecule has 0 aliphatic carbocycles. The van der Waals surface area contributed by atoms with Gasteiger partial charge in [0.2, 0.25) is 0 Å². The van der Waals surface area contributed by atoms with Crippen LogP contribution in [0.25, 0.3) is 32.6 Å². The second-order valence-electron chi connectivity index (χ2n) is 14.8. The fourth-order valence-electron chi connectivity index (χ4n) is 7.51. The number of nitrogens with zero attached hydrogens (tertiary/aromatic N) is 3. The minimum absolute atomic E-state index is 0.0280. The van der Waals surface area contributed by atoms with Gasteiger partial charge in [0, 0.05) is 69.0 Å². The van der Waals surface area contributed by atoms with Gasteiger partial charge in [0.05, 0.1) is 18.5 Å². The maximum atomic E-state index is 13.4. The molecule has 4 aromatic carbocycles. The van der Waals surface area contributed by atoms with Crippen LogP contribution in [-0.4, -0.2) is 73.2 Å². The van der Waals surface area contributed by atoms with Gasteiger partial charge >= 0.3 is 12.1 Å². The van der Waals surface area contributed by atoms with E-state index in [1.807, 2.05) is 68.3 Å². The topological polar surface area (TPSA) is 110 Å². The highest BCUT2D eigenvalue weighted by atomic mass is 16.6. The van der Waals surface area contributed by atoms with Crippen molar-refractivity contribution < 1.29 is 28.7 Å². The van der Waals surface area contributed by atoms with Gasteiger partial charge in [0.1, 0.15) is 13.2 Å². The van der Waals surface area contributed by atoms with Crippen LogP contribution in [0.3, 0.4) is 0 Å². The molecule has 0 saturated carbocycles. The highest BCUT2D eigenvalue weighted by Crippen LogP contribution is 2.39. The number of nitrogens with one attached hydrogen (secondary N) is 1. The van der Waals surface area contributed by atoms with Gasteiger partial charge < -0.3 is 24.3 Å². The lowest BCUT2D eigenvalue weighted by atomic mass is 9.81. The van der Waals surface area contributed by atoms with Crippen molar-refractivity contribution in [3.05, 3.63) is 90.0 Å². The van der Waals surface area contributed by atoms with E-state index >= 15 is 0 Å². The summed E-state index contributed by atoms with van der Waals surface area (Å²) < 4.78 is 13.4. The molecule has 53 heavy (non-hydrogen) atoms. The maximum absolute atomic E-state index is 13.4. The Morgan fingerprint density at radius 1 is 0.811 bits per heavy atom. The first-order valence-electron chi connectivity index (χ1n) is 18.6. The van der Waals surface area contributed by atoms with E-state index in [9.17, 15) is 19.2 Å². The number of hydrogen-bond donors (Lipinski definition) is 1. The van der Waals surface area contributed by atoms with Crippen LogP contribution < -0.4 is 10.2 Å². The number of fused-ring (bicyclic) bond motifs is 3. The third-order valence-corrected chi connectivity index (χ3v) is 10.7. The van der Waals surface area contributed by atoms with Crippen molar-refractivity contribution in [3.8, 4) is 0 Å². The number of esters is 1. The van der Waals surface area contributed by atoms with Crippen molar-refractivity contribution in [3.63, 3.8) is 0 Å². The lowest BCUT2D eigenvalue weighted by Crippen LogP contribution is -2.41.